The average molecular weight is 226 g/mol. The van der Waals surface area contributed by atoms with Gasteiger partial charge in [-0.2, -0.15) is 0 Å². The van der Waals surface area contributed by atoms with Crippen LogP contribution in [-0.4, -0.2) is 4.55 Å². The van der Waals surface area contributed by atoms with Gasteiger partial charge < -0.3 is 10.3 Å². The van der Waals surface area contributed by atoms with Crippen molar-refractivity contribution in [3.63, 3.8) is 0 Å². The molecule has 2 rings (SSSR count). The van der Waals surface area contributed by atoms with Crippen molar-refractivity contribution in [3.05, 3.63) is 35.4 Å². The first-order valence-corrected chi connectivity index (χ1v) is 5.16. The Kier molecular flexibility index (Phi) is 2.54. The topological polar surface area (TPSA) is 46.2 Å². The van der Waals surface area contributed by atoms with Gasteiger partial charge in [-0.1, -0.05) is 17.7 Å². The van der Waals surface area contributed by atoms with Crippen molar-refractivity contribution in [1.29, 1.82) is 0 Å². The molecule has 0 aliphatic heterocycles. The molecule has 0 bridgehead atoms. The summed E-state index contributed by atoms with van der Waals surface area (Å²) in [6.07, 6.45) is 0. The number of anilines is 1. The largest absolute Gasteiger partial charge is 0.398 e. The Balaban J connectivity index is 2.80. The molecule has 0 amide bonds. The van der Waals surface area contributed by atoms with E-state index in [1.54, 1.807) is 18.2 Å². The summed E-state index contributed by atoms with van der Waals surface area (Å²) >= 11 is 6.71. The summed E-state index contributed by atoms with van der Waals surface area (Å²) in [5.41, 5.74) is 6.48. The number of hydrogen-bond acceptors (Lipinski definition) is 3. The molecule has 2 nitrogen and oxygen atoms in total. The molecule has 0 unspecified atom stereocenters. The van der Waals surface area contributed by atoms with Crippen molar-refractivity contribution < 1.29 is 4.55 Å². The normalized spacial score (nSPS) is 10.7. The highest BCUT2D eigenvalue weighted by Crippen LogP contribution is 2.31. The molecule has 2 aromatic rings. The van der Waals surface area contributed by atoms with Crippen LogP contribution in [0.4, 0.5) is 5.69 Å². The van der Waals surface area contributed by atoms with E-state index in [1.807, 2.05) is 12.1 Å². The minimum absolute atomic E-state index is 0.644. The molecule has 0 saturated carbocycles. The highest BCUT2D eigenvalue weighted by atomic mass is 35.5. The van der Waals surface area contributed by atoms with E-state index in [4.69, 9.17) is 21.9 Å². The molecule has 72 valence electrons. The molecule has 14 heavy (non-hydrogen) atoms. The van der Waals surface area contributed by atoms with Gasteiger partial charge in [0.15, 0.2) is 0 Å². The van der Waals surface area contributed by atoms with Gasteiger partial charge in [-0.3, -0.25) is 0 Å². The van der Waals surface area contributed by atoms with Crippen molar-refractivity contribution in [1.82, 2.24) is 0 Å². The van der Waals surface area contributed by atoms with E-state index in [9.17, 15) is 0 Å². The molecular formula is C10H8ClNOS. The highest BCUT2D eigenvalue weighted by molar-refractivity contribution is 7.93. The van der Waals surface area contributed by atoms with Crippen molar-refractivity contribution >= 4 is 40.1 Å². The van der Waals surface area contributed by atoms with E-state index >= 15 is 0 Å². The van der Waals surface area contributed by atoms with Crippen LogP contribution in [0, 0.1) is 0 Å². The quantitative estimate of drug-likeness (QED) is 0.575. The number of benzene rings is 2. The Bertz CT molecular complexity index is 487. The summed E-state index contributed by atoms with van der Waals surface area (Å²) in [4.78, 5) is 0.755. The minimum Gasteiger partial charge on any atom is -0.398 e. The fourth-order valence-electron chi connectivity index (χ4n) is 1.37. The van der Waals surface area contributed by atoms with E-state index in [2.05, 4.69) is 0 Å². The van der Waals surface area contributed by atoms with Crippen molar-refractivity contribution in [3.8, 4) is 0 Å². The number of rotatable bonds is 1. The Morgan fingerprint density at radius 2 is 1.93 bits per heavy atom. The van der Waals surface area contributed by atoms with Gasteiger partial charge in [0.2, 0.25) is 0 Å². The number of fused-ring (bicyclic) bond motifs is 1. The van der Waals surface area contributed by atoms with Crippen LogP contribution >= 0.6 is 23.6 Å². The maximum atomic E-state index is 8.90. The molecule has 0 aromatic heterocycles. The van der Waals surface area contributed by atoms with E-state index in [1.165, 1.54) is 0 Å². The van der Waals surface area contributed by atoms with Gasteiger partial charge in [-0.15, -0.1) is 0 Å². The van der Waals surface area contributed by atoms with Gasteiger partial charge in [0, 0.05) is 38.4 Å². The highest BCUT2D eigenvalue weighted by Gasteiger charge is 2.03. The first kappa shape index (κ1) is 9.65. The summed E-state index contributed by atoms with van der Waals surface area (Å²) < 4.78 is 8.90. The third-order valence-electron chi connectivity index (χ3n) is 2.07. The van der Waals surface area contributed by atoms with Crippen LogP contribution in [0.25, 0.3) is 10.8 Å². The molecule has 0 radical (unpaired) electrons. The smallest absolute Gasteiger partial charge is 0.0486 e. The van der Waals surface area contributed by atoms with Crippen molar-refractivity contribution in [2.75, 3.05) is 5.73 Å². The van der Waals surface area contributed by atoms with Gasteiger partial charge in [-0.25, -0.2) is 0 Å². The maximum Gasteiger partial charge on any atom is 0.0486 e. The van der Waals surface area contributed by atoms with Crippen LogP contribution in [0.1, 0.15) is 0 Å². The lowest BCUT2D eigenvalue weighted by Gasteiger charge is -2.04. The van der Waals surface area contributed by atoms with Gasteiger partial charge in [0.1, 0.15) is 0 Å². The Morgan fingerprint density at radius 1 is 1.14 bits per heavy atom. The molecule has 0 heterocycles. The van der Waals surface area contributed by atoms with Gasteiger partial charge >= 0.3 is 0 Å². The van der Waals surface area contributed by atoms with Crippen LogP contribution in [0.5, 0.6) is 0 Å². The minimum atomic E-state index is 0.644. The van der Waals surface area contributed by atoms with Crippen LogP contribution in [0.3, 0.4) is 0 Å². The summed E-state index contributed by atoms with van der Waals surface area (Å²) in [6, 6.07) is 9.01. The number of hydrogen-bond donors (Lipinski definition) is 2. The monoisotopic (exact) mass is 225 g/mol. The molecular weight excluding hydrogens is 218 g/mol. The van der Waals surface area contributed by atoms with Crippen LogP contribution in [0.15, 0.2) is 35.2 Å². The second kappa shape index (κ2) is 3.69. The standard InChI is InChI=1S/C10H8ClNOS/c11-9-3-4-10(12)7-2-1-6(14-13)5-8(7)9/h1-5,13H,12H2. The molecule has 0 spiro atoms. The molecule has 2 aromatic carbocycles. The summed E-state index contributed by atoms with van der Waals surface area (Å²) in [5.74, 6) is 0. The van der Waals surface area contributed by atoms with E-state index in [0.717, 1.165) is 15.7 Å². The zero-order chi connectivity index (χ0) is 10.1. The molecule has 0 aliphatic rings. The molecule has 0 fully saturated rings. The maximum absolute atomic E-state index is 8.90. The second-order valence-electron chi connectivity index (χ2n) is 2.94. The lowest BCUT2D eigenvalue weighted by Crippen LogP contribution is -1.87. The van der Waals surface area contributed by atoms with Gasteiger partial charge in [0.05, 0.1) is 0 Å². The van der Waals surface area contributed by atoms with Gasteiger partial charge in [0.25, 0.3) is 0 Å². The molecule has 3 N–H and O–H groups in total. The lowest BCUT2D eigenvalue weighted by molar-refractivity contribution is 0.664. The third-order valence-corrected chi connectivity index (χ3v) is 2.87. The third kappa shape index (κ3) is 1.54. The number of nitrogens with two attached hydrogens (primary N) is 1. The first-order chi connectivity index (χ1) is 6.72. The van der Waals surface area contributed by atoms with E-state index < -0.39 is 0 Å². The molecule has 4 heteroatoms. The lowest BCUT2D eigenvalue weighted by atomic mass is 10.1. The van der Waals surface area contributed by atoms with Crippen molar-refractivity contribution in [2.24, 2.45) is 0 Å². The Hall–Kier alpha value is -0.900. The number of halogens is 1. The zero-order valence-corrected chi connectivity index (χ0v) is 8.77. The summed E-state index contributed by atoms with van der Waals surface area (Å²) in [5, 5.41) is 2.42. The van der Waals surface area contributed by atoms with Crippen molar-refractivity contribution in [2.45, 2.75) is 4.90 Å². The first-order valence-electron chi connectivity index (χ1n) is 4.01. The molecule has 0 saturated heterocycles. The average Bonchev–Trinajstić information content (AvgIpc) is 2.23. The summed E-state index contributed by atoms with van der Waals surface area (Å²) in [7, 11) is 0. The van der Waals surface area contributed by atoms with E-state index in [-0.39, 0.29) is 0 Å². The zero-order valence-electron chi connectivity index (χ0n) is 7.20. The fraction of sp³-hybridized carbons (Fsp3) is 0. The van der Waals surface area contributed by atoms with Gasteiger partial charge in [-0.05, 0) is 24.3 Å². The van der Waals surface area contributed by atoms with Crippen LogP contribution < -0.4 is 5.73 Å². The summed E-state index contributed by atoms with van der Waals surface area (Å²) in [6.45, 7) is 0. The number of nitrogen functional groups attached to an aromatic ring is 1. The predicted octanol–water partition coefficient (Wildman–Crippen LogP) is 3.64. The fourth-order valence-corrected chi connectivity index (χ4v) is 1.89. The SMILES string of the molecule is Nc1ccc(Cl)c2cc(SO)ccc12. The molecule has 0 aliphatic carbocycles. The van der Waals surface area contributed by atoms with E-state index in [0.29, 0.717) is 22.8 Å². The predicted molar refractivity (Wildman–Crippen MR) is 61.9 cm³/mol. The van der Waals surface area contributed by atoms with Crippen LogP contribution in [0.2, 0.25) is 5.02 Å². The molecule has 0 atom stereocenters. The Labute approximate surface area is 90.9 Å². The van der Waals surface area contributed by atoms with Crippen LogP contribution in [-0.2, 0) is 0 Å². The Morgan fingerprint density at radius 3 is 2.64 bits per heavy atom. The second-order valence-corrected chi connectivity index (χ2v) is 4.00.